The van der Waals surface area contributed by atoms with E-state index in [1.807, 2.05) is 13.8 Å². The molecule has 1 amide bonds. The maximum atomic E-state index is 12.5. The molecule has 0 heterocycles. The van der Waals surface area contributed by atoms with Crippen molar-refractivity contribution >= 4 is 17.5 Å². The number of ether oxygens (including phenoxy) is 1. The largest absolute Gasteiger partial charge is 0.481 e. The molecule has 21 heavy (non-hydrogen) atoms. The van der Waals surface area contributed by atoms with E-state index in [0.29, 0.717) is 17.3 Å². The van der Waals surface area contributed by atoms with Crippen molar-refractivity contribution in [3.05, 3.63) is 29.3 Å². The molecular weight excluding hydrogens is 290 g/mol. The van der Waals surface area contributed by atoms with Crippen LogP contribution in [0.2, 0.25) is 5.02 Å². The van der Waals surface area contributed by atoms with Gasteiger partial charge in [-0.15, -0.1) is 0 Å². The zero-order chi connectivity index (χ0) is 15.8. The molecule has 1 rings (SSSR count). The van der Waals surface area contributed by atoms with Crippen LogP contribution in [0.15, 0.2) is 24.3 Å². The number of benzene rings is 1. The molecule has 0 aromatic heterocycles. The second-order valence-corrected chi connectivity index (χ2v) is 5.38. The van der Waals surface area contributed by atoms with Crippen LogP contribution >= 0.6 is 11.6 Å². The van der Waals surface area contributed by atoms with Crippen LogP contribution in [-0.2, 0) is 4.79 Å². The molecule has 1 N–H and O–H groups in total. The van der Waals surface area contributed by atoms with Gasteiger partial charge in [-0.1, -0.05) is 31.5 Å². The average molecular weight is 314 g/mol. The van der Waals surface area contributed by atoms with Crippen LogP contribution in [0.5, 0.6) is 5.75 Å². The van der Waals surface area contributed by atoms with Gasteiger partial charge in [0.2, 0.25) is 0 Å². The number of halogens is 1. The Labute approximate surface area is 131 Å². The van der Waals surface area contributed by atoms with E-state index < -0.39 is 6.10 Å². The van der Waals surface area contributed by atoms with E-state index in [4.69, 9.17) is 16.3 Å². The first kappa shape index (κ1) is 17.8. The normalized spacial score (nSPS) is 12.3. The topological polar surface area (TPSA) is 49.8 Å². The third-order valence-corrected chi connectivity index (χ3v) is 3.70. The first-order valence-electron chi connectivity index (χ1n) is 7.37. The minimum Gasteiger partial charge on any atom is -0.481 e. The molecule has 1 aromatic carbocycles. The number of nitrogens with zero attached hydrogens (tertiary/aromatic N) is 1. The summed E-state index contributed by atoms with van der Waals surface area (Å²) in [6.07, 6.45) is 1.09. The molecule has 5 heteroatoms. The Morgan fingerprint density at radius 2 is 2.05 bits per heavy atom. The number of carbonyl (C=O) groups is 1. The molecular formula is C16H24ClNO3. The van der Waals surface area contributed by atoms with Crippen LogP contribution in [-0.4, -0.2) is 41.2 Å². The molecule has 0 spiro atoms. The Morgan fingerprint density at radius 3 is 2.57 bits per heavy atom. The van der Waals surface area contributed by atoms with Gasteiger partial charge in [0.25, 0.3) is 5.91 Å². The number of aliphatic hydroxyl groups is 1. The highest BCUT2D eigenvalue weighted by atomic mass is 35.5. The van der Waals surface area contributed by atoms with Gasteiger partial charge in [0.1, 0.15) is 5.75 Å². The van der Waals surface area contributed by atoms with Gasteiger partial charge in [0, 0.05) is 17.6 Å². The van der Waals surface area contributed by atoms with Crippen molar-refractivity contribution in [2.75, 3.05) is 13.2 Å². The maximum Gasteiger partial charge on any atom is 0.263 e. The summed E-state index contributed by atoms with van der Waals surface area (Å²) in [4.78, 5) is 14.2. The summed E-state index contributed by atoms with van der Waals surface area (Å²) < 4.78 is 5.67. The van der Waals surface area contributed by atoms with Crippen molar-refractivity contribution in [1.29, 1.82) is 0 Å². The Balaban J connectivity index is 2.77. The minimum atomic E-state index is -0.615. The second-order valence-electron chi connectivity index (χ2n) is 4.94. The van der Waals surface area contributed by atoms with E-state index >= 15 is 0 Å². The highest BCUT2D eigenvalue weighted by molar-refractivity contribution is 6.30. The fourth-order valence-corrected chi connectivity index (χ4v) is 2.52. The van der Waals surface area contributed by atoms with Gasteiger partial charge in [-0.25, -0.2) is 0 Å². The summed E-state index contributed by atoms with van der Waals surface area (Å²) >= 11 is 5.91. The van der Waals surface area contributed by atoms with Gasteiger partial charge in [-0.3, -0.25) is 4.79 Å². The smallest absolute Gasteiger partial charge is 0.263 e. The van der Waals surface area contributed by atoms with Crippen molar-refractivity contribution in [2.24, 2.45) is 0 Å². The second kappa shape index (κ2) is 8.90. The lowest BCUT2D eigenvalue weighted by Crippen LogP contribution is -2.47. The predicted octanol–water partition coefficient (Wildman–Crippen LogP) is 3.12. The van der Waals surface area contributed by atoms with Gasteiger partial charge >= 0.3 is 0 Å². The third kappa shape index (κ3) is 5.21. The van der Waals surface area contributed by atoms with Gasteiger partial charge in [0.05, 0.1) is 6.61 Å². The maximum absolute atomic E-state index is 12.5. The van der Waals surface area contributed by atoms with Crippen molar-refractivity contribution in [3.63, 3.8) is 0 Å². The highest BCUT2D eigenvalue weighted by Gasteiger charge is 2.26. The summed E-state index contributed by atoms with van der Waals surface area (Å²) in [6.45, 7) is 6.07. The van der Waals surface area contributed by atoms with Crippen molar-refractivity contribution in [3.8, 4) is 5.75 Å². The highest BCUT2D eigenvalue weighted by Crippen LogP contribution is 2.19. The molecule has 1 aromatic rings. The van der Waals surface area contributed by atoms with E-state index in [0.717, 1.165) is 12.8 Å². The van der Waals surface area contributed by atoms with Gasteiger partial charge in [-0.05, 0) is 38.0 Å². The summed E-state index contributed by atoms with van der Waals surface area (Å²) in [5.74, 6) is 0.453. The molecule has 0 radical (unpaired) electrons. The third-order valence-electron chi connectivity index (χ3n) is 3.46. The number of hydrogen-bond acceptors (Lipinski definition) is 3. The molecule has 0 saturated carbocycles. The fraction of sp³-hybridized carbons (Fsp3) is 0.562. The van der Waals surface area contributed by atoms with Gasteiger partial charge in [0.15, 0.2) is 6.10 Å². The molecule has 0 bridgehead atoms. The molecule has 0 aliphatic rings. The van der Waals surface area contributed by atoms with Crippen LogP contribution in [0, 0.1) is 0 Å². The van der Waals surface area contributed by atoms with E-state index in [9.17, 15) is 9.90 Å². The Kier molecular flexibility index (Phi) is 7.54. The zero-order valence-corrected chi connectivity index (χ0v) is 13.6. The van der Waals surface area contributed by atoms with Crippen LogP contribution in [0.3, 0.4) is 0 Å². The number of aliphatic hydroxyl groups excluding tert-OH is 1. The molecule has 0 fully saturated rings. The van der Waals surface area contributed by atoms with Gasteiger partial charge in [-0.2, -0.15) is 0 Å². The lowest BCUT2D eigenvalue weighted by molar-refractivity contribution is -0.141. The summed E-state index contributed by atoms with van der Waals surface area (Å²) in [7, 11) is 0. The van der Waals surface area contributed by atoms with E-state index in [1.165, 1.54) is 0 Å². The predicted molar refractivity (Wildman–Crippen MR) is 84.7 cm³/mol. The molecule has 1 atom stereocenters. The number of amides is 1. The minimum absolute atomic E-state index is 0.0495. The van der Waals surface area contributed by atoms with Crippen LogP contribution in [0.1, 0.15) is 33.6 Å². The van der Waals surface area contributed by atoms with Crippen LogP contribution < -0.4 is 4.74 Å². The summed E-state index contributed by atoms with van der Waals surface area (Å²) in [5.41, 5.74) is 0. The lowest BCUT2D eigenvalue weighted by atomic mass is 10.1. The number of rotatable bonds is 8. The van der Waals surface area contributed by atoms with E-state index in [1.54, 1.807) is 36.1 Å². The van der Waals surface area contributed by atoms with E-state index in [2.05, 4.69) is 0 Å². The first-order chi connectivity index (χ1) is 10.0. The van der Waals surface area contributed by atoms with Crippen LogP contribution in [0.4, 0.5) is 0 Å². The van der Waals surface area contributed by atoms with Gasteiger partial charge < -0.3 is 14.7 Å². The molecule has 1 unspecified atom stereocenters. The fourth-order valence-electron chi connectivity index (χ4n) is 2.34. The quantitative estimate of drug-likeness (QED) is 0.802. The SMILES string of the molecule is CCC(CC)N(CCO)C(=O)C(C)Oc1cccc(Cl)c1. The monoisotopic (exact) mass is 313 g/mol. The van der Waals surface area contributed by atoms with Crippen molar-refractivity contribution in [2.45, 2.75) is 45.8 Å². The average Bonchev–Trinajstić information content (AvgIpc) is 2.46. The number of hydrogen-bond donors (Lipinski definition) is 1. The molecule has 4 nitrogen and oxygen atoms in total. The molecule has 0 aliphatic carbocycles. The Hall–Kier alpha value is -1.26. The summed E-state index contributed by atoms with van der Waals surface area (Å²) in [6, 6.07) is 7.10. The van der Waals surface area contributed by atoms with Crippen molar-refractivity contribution < 1.29 is 14.6 Å². The van der Waals surface area contributed by atoms with Crippen molar-refractivity contribution in [1.82, 2.24) is 4.90 Å². The molecule has 118 valence electrons. The Morgan fingerprint density at radius 1 is 1.38 bits per heavy atom. The van der Waals surface area contributed by atoms with E-state index in [-0.39, 0.29) is 18.6 Å². The lowest BCUT2D eigenvalue weighted by Gasteiger charge is -2.32. The molecule has 0 aliphatic heterocycles. The molecule has 0 saturated heterocycles. The standard InChI is InChI=1S/C16H24ClNO3/c1-4-14(5-2)18(9-10-19)16(20)12(3)21-15-8-6-7-13(17)11-15/h6-8,11-12,14,19H,4-5,9-10H2,1-3H3. The summed E-state index contributed by atoms with van der Waals surface area (Å²) in [5, 5.41) is 9.75. The first-order valence-corrected chi connectivity index (χ1v) is 7.74. The number of carbonyl (C=O) groups excluding carboxylic acids is 1. The zero-order valence-electron chi connectivity index (χ0n) is 12.9. The van der Waals surface area contributed by atoms with Crippen LogP contribution in [0.25, 0.3) is 0 Å². The Bertz CT molecular complexity index is 449.